The number of fused-ring (bicyclic) bond motifs is 2. The Kier molecular flexibility index (Phi) is 8.02. The molecule has 1 atom stereocenters. The van der Waals surface area contributed by atoms with E-state index >= 15 is 0 Å². The summed E-state index contributed by atoms with van der Waals surface area (Å²) in [5, 5.41) is 0.301. The summed E-state index contributed by atoms with van der Waals surface area (Å²) >= 11 is 1.61. The number of nitrogens with zero attached hydrogens (tertiary/aromatic N) is 2. The molecule has 3 aromatic carbocycles. The highest BCUT2D eigenvalue weighted by molar-refractivity contribution is 8.01. The lowest BCUT2D eigenvalue weighted by Crippen LogP contribution is -2.34. The van der Waals surface area contributed by atoms with E-state index in [0.717, 1.165) is 58.0 Å². The number of aryl methyl sites for hydroxylation is 1. The number of hydrogen-bond acceptors (Lipinski definition) is 5. The van der Waals surface area contributed by atoms with E-state index in [4.69, 9.17) is 4.74 Å². The molecule has 0 bridgehead atoms. The number of ether oxygens (including phenoxy) is 1. The van der Waals surface area contributed by atoms with Crippen LogP contribution in [0.4, 0.5) is 5.69 Å². The van der Waals surface area contributed by atoms with Gasteiger partial charge in [-0.3, -0.25) is 4.31 Å². The number of aromatic nitrogens is 1. The van der Waals surface area contributed by atoms with Crippen LogP contribution in [0.25, 0.3) is 10.9 Å². The summed E-state index contributed by atoms with van der Waals surface area (Å²) in [5.41, 5.74) is 4.34. The van der Waals surface area contributed by atoms with Crippen molar-refractivity contribution in [3.63, 3.8) is 0 Å². The van der Waals surface area contributed by atoms with Crippen molar-refractivity contribution in [2.24, 2.45) is 0 Å². The third kappa shape index (κ3) is 5.30. The molecule has 4 aromatic rings. The van der Waals surface area contributed by atoms with E-state index < -0.39 is 15.3 Å². The fourth-order valence-electron chi connectivity index (χ4n) is 5.06. The van der Waals surface area contributed by atoms with Gasteiger partial charge in [-0.2, -0.15) is 0 Å². The fraction of sp³-hybridized carbons (Fsp3) is 0.333. The standard InChI is InChI=1S/C30H35N3O3S2/c1-4-32(5-2)17-18-36-30-22(3)31-27-16-15-24(19-26(27)30)33(20-23-11-7-6-8-12-23)38(34,35)29-21-37-28-14-10-9-13-25(28)29/h6-16,19,29,31H,4-5,17-18,20-21H2,1-3H3. The zero-order valence-corrected chi connectivity index (χ0v) is 23.8. The number of hydrogen-bond donors (Lipinski definition) is 1. The maximum Gasteiger partial charge on any atom is 0.243 e. The second-order valence-corrected chi connectivity index (χ2v) is 12.7. The maximum absolute atomic E-state index is 14.3. The molecule has 0 spiro atoms. The first-order valence-electron chi connectivity index (χ1n) is 13.2. The summed E-state index contributed by atoms with van der Waals surface area (Å²) in [6, 6.07) is 23.4. The third-order valence-electron chi connectivity index (χ3n) is 7.24. The van der Waals surface area contributed by atoms with Crippen molar-refractivity contribution in [2.45, 2.75) is 37.5 Å². The van der Waals surface area contributed by atoms with Crippen LogP contribution >= 0.6 is 11.8 Å². The topological polar surface area (TPSA) is 65.6 Å². The van der Waals surface area contributed by atoms with Gasteiger partial charge in [0.2, 0.25) is 10.0 Å². The van der Waals surface area contributed by atoms with Gasteiger partial charge >= 0.3 is 0 Å². The summed E-state index contributed by atoms with van der Waals surface area (Å²) in [4.78, 5) is 6.77. The lowest BCUT2D eigenvalue weighted by molar-refractivity contribution is 0.223. The Morgan fingerprint density at radius 3 is 2.50 bits per heavy atom. The van der Waals surface area contributed by atoms with Gasteiger partial charge in [-0.25, -0.2) is 8.42 Å². The Bertz CT molecular complexity index is 1500. The van der Waals surface area contributed by atoms with Gasteiger partial charge in [-0.1, -0.05) is 62.4 Å². The molecule has 6 nitrogen and oxygen atoms in total. The SMILES string of the molecule is CCN(CC)CCOc1c(C)[nH]c2ccc(N(Cc3ccccc3)S(=O)(=O)C3CSc4ccccc43)cc12. The van der Waals surface area contributed by atoms with E-state index in [9.17, 15) is 8.42 Å². The van der Waals surface area contributed by atoms with Gasteiger partial charge in [-0.15, -0.1) is 11.8 Å². The smallest absolute Gasteiger partial charge is 0.243 e. The van der Waals surface area contributed by atoms with Crippen molar-refractivity contribution in [1.82, 2.24) is 9.88 Å². The van der Waals surface area contributed by atoms with Gasteiger partial charge in [0, 0.05) is 28.1 Å². The molecule has 200 valence electrons. The Labute approximate surface area is 230 Å². The molecular formula is C30H35N3O3S2. The molecule has 1 aliphatic rings. The van der Waals surface area contributed by atoms with Crippen molar-refractivity contribution in [3.8, 4) is 5.75 Å². The molecule has 0 aliphatic carbocycles. The van der Waals surface area contributed by atoms with Gasteiger partial charge in [-0.05, 0) is 55.4 Å². The number of benzene rings is 3. The monoisotopic (exact) mass is 549 g/mol. The summed E-state index contributed by atoms with van der Waals surface area (Å²) in [6.45, 7) is 9.92. The van der Waals surface area contributed by atoms with E-state index in [1.165, 1.54) is 0 Å². The Morgan fingerprint density at radius 2 is 1.74 bits per heavy atom. The fourth-order valence-corrected chi connectivity index (χ4v) is 8.66. The minimum absolute atomic E-state index is 0.263. The third-order valence-corrected chi connectivity index (χ3v) is 10.7. The van der Waals surface area contributed by atoms with E-state index in [1.54, 1.807) is 16.1 Å². The minimum atomic E-state index is -3.72. The van der Waals surface area contributed by atoms with Crippen LogP contribution in [0.5, 0.6) is 5.75 Å². The van der Waals surface area contributed by atoms with Gasteiger partial charge < -0.3 is 14.6 Å². The van der Waals surface area contributed by atoms with Crippen LogP contribution in [0.15, 0.2) is 77.7 Å². The van der Waals surface area contributed by atoms with E-state index in [0.29, 0.717) is 18.0 Å². The summed E-state index contributed by atoms with van der Waals surface area (Å²) in [7, 11) is -3.72. The summed E-state index contributed by atoms with van der Waals surface area (Å²) in [5.74, 6) is 1.30. The highest BCUT2D eigenvalue weighted by atomic mass is 32.2. The number of anilines is 1. The molecule has 5 rings (SSSR count). The molecular weight excluding hydrogens is 514 g/mol. The lowest BCUT2D eigenvalue weighted by Gasteiger charge is -2.28. The second-order valence-electron chi connectivity index (χ2n) is 9.56. The molecule has 8 heteroatoms. The predicted octanol–water partition coefficient (Wildman–Crippen LogP) is 6.38. The Hall–Kier alpha value is -2.94. The molecule has 0 saturated heterocycles. The summed E-state index contributed by atoms with van der Waals surface area (Å²) in [6.07, 6.45) is 0. The van der Waals surface area contributed by atoms with E-state index in [-0.39, 0.29) is 6.54 Å². The van der Waals surface area contributed by atoms with Crippen molar-refractivity contribution < 1.29 is 13.2 Å². The van der Waals surface area contributed by atoms with Crippen LogP contribution < -0.4 is 9.04 Å². The average Bonchev–Trinajstić information content (AvgIpc) is 3.51. The largest absolute Gasteiger partial charge is 0.490 e. The minimum Gasteiger partial charge on any atom is -0.490 e. The normalized spacial score (nSPS) is 15.2. The number of nitrogens with one attached hydrogen (secondary N) is 1. The first-order chi connectivity index (χ1) is 18.4. The highest BCUT2D eigenvalue weighted by Crippen LogP contribution is 2.45. The molecule has 1 unspecified atom stereocenters. The molecule has 1 N–H and O–H groups in total. The van der Waals surface area contributed by atoms with Crippen molar-refractivity contribution in [2.75, 3.05) is 36.3 Å². The van der Waals surface area contributed by atoms with Crippen LogP contribution in [0.1, 0.15) is 35.9 Å². The number of thioether (sulfide) groups is 1. The van der Waals surface area contributed by atoms with Crippen molar-refractivity contribution >= 4 is 38.4 Å². The molecule has 0 saturated carbocycles. The number of sulfonamides is 1. The molecule has 0 radical (unpaired) electrons. The first kappa shape index (κ1) is 26.7. The summed E-state index contributed by atoms with van der Waals surface area (Å²) < 4.78 is 36.5. The van der Waals surface area contributed by atoms with Crippen LogP contribution in [0.2, 0.25) is 0 Å². The number of rotatable bonds is 11. The van der Waals surface area contributed by atoms with Gasteiger partial charge in [0.15, 0.2) is 0 Å². The molecule has 0 amide bonds. The Balaban J connectivity index is 1.53. The van der Waals surface area contributed by atoms with Gasteiger partial charge in [0.25, 0.3) is 0 Å². The molecule has 1 aliphatic heterocycles. The van der Waals surface area contributed by atoms with Gasteiger partial charge in [0.05, 0.1) is 17.9 Å². The lowest BCUT2D eigenvalue weighted by atomic mass is 10.2. The molecule has 38 heavy (non-hydrogen) atoms. The van der Waals surface area contributed by atoms with Crippen LogP contribution in [-0.2, 0) is 16.6 Å². The highest BCUT2D eigenvalue weighted by Gasteiger charge is 2.38. The zero-order valence-electron chi connectivity index (χ0n) is 22.2. The number of H-pyrrole nitrogens is 1. The van der Waals surface area contributed by atoms with Crippen LogP contribution in [-0.4, -0.2) is 50.3 Å². The predicted molar refractivity (Wildman–Crippen MR) is 158 cm³/mol. The van der Waals surface area contributed by atoms with Gasteiger partial charge in [0.1, 0.15) is 17.6 Å². The average molecular weight is 550 g/mol. The molecule has 0 fully saturated rings. The number of aromatic amines is 1. The zero-order chi connectivity index (χ0) is 26.7. The number of likely N-dealkylation sites (N-methyl/N-ethyl adjacent to an activating group) is 1. The maximum atomic E-state index is 14.3. The molecule has 1 aromatic heterocycles. The van der Waals surface area contributed by atoms with Crippen LogP contribution in [0, 0.1) is 6.92 Å². The van der Waals surface area contributed by atoms with E-state index in [2.05, 4.69) is 23.7 Å². The quantitative estimate of drug-likeness (QED) is 0.235. The first-order valence-corrected chi connectivity index (χ1v) is 15.7. The van der Waals surface area contributed by atoms with Crippen molar-refractivity contribution in [1.29, 1.82) is 0 Å². The second kappa shape index (κ2) is 11.4. The van der Waals surface area contributed by atoms with Crippen molar-refractivity contribution in [3.05, 3.63) is 89.6 Å². The Morgan fingerprint density at radius 1 is 1.00 bits per heavy atom. The molecule has 2 heterocycles. The van der Waals surface area contributed by atoms with Crippen LogP contribution in [0.3, 0.4) is 0 Å². The van der Waals surface area contributed by atoms with E-state index in [1.807, 2.05) is 79.7 Å².